The van der Waals surface area contributed by atoms with Crippen molar-refractivity contribution < 1.29 is 28.2 Å². The summed E-state index contributed by atoms with van der Waals surface area (Å²) >= 11 is 0. The second-order valence-electron chi connectivity index (χ2n) is 9.03. The van der Waals surface area contributed by atoms with Crippen LogP contribution in [-0.4, -0.2) is 24.1 Å². The number of hydrogen-bond donors (Lipinski definition) is 0. The van der Waals surface area contributed by atoms with Gasteiger partial charge in [-0.2, -0.15) is 0 Å². The Kier molecular flexibility index (Phi) is 4.91. The third-order valence-corrected chi connectivity index (χ3v) is 7.42. The van der Waals surface area contributed by atoms with Crippen molar-refractivity contribution in [2.24, 2.45) is 10.8 Å². The lowest BCUT2D eigenvalue weighted by Gasteiger charge is -2.34. The van der Waals surface area contributed by atoms with E-state index in [1.807, 2.05) is 34.6 Å². The summed E-state index contributed by atoms with van der Waals surface area (Å²) in [5, 5.41) is 0.394. The Hall–Kier alpha value is -2.83. The number of carbonyl (C=O) groups is 2. The van der Waals surface area contributed by atoms with Crippen LogP contribution in [-0.2, 0) is 32.1 Å². The van der Waals surface area contributed by atoms with Crippen LogP contribution in [0.2, 0.25) is 0 Å². The first-order valence-corrected chi connectivity index (χ1v) is 10.7. The standard InChI is InChI=1S/C24H28O7/c1-6-14-12-17(25)15-8-9-18(28-7-2)16(19(15)30-14)13-29-21(27)24-11-10-23(5,20(26)31-24)22(24,3)4/h8-9,12H,6-7,10-11,13H2,1-5H3/t23-,24+/m0/s1. The van der Waals surface area contributed by atoms with E-state index in [0.717, 1.165) is 0 Å². The number of carbonyl (C=O) groups excluding carboxylic acids is 2. The van der Waals surface area contributed by atoms with E-state index in [1.165, 1.54) is 6.07 Å². The third kappa shape index (κ3) is 2.82. The summed E-state index contributed by atoms with van der Waals surface area (Å²) in [6.45, 7) is 9.58. The Morgan fingerprint density at radius 1 is 1.13 bits per heavy atom. The number of rotatable bonds is 6. The summed E-state index contributed by atoms with van der Waals surface area (Å²) < 4.78 is 23.0. The Morgan fingerprint density at radius 3 is 2.45 bits per heavy atom. The van der Waals surface area contributed by atoms with Gasteiger partial charge in [0.2, 0.25) is 5.60 Å². The minimum Gasteiger partial charge on any atom is -0.493 e. The predicted molar refractivity (Wildman–Crippen MR) is 113 cm³/mol. The summed E-state index contributed by atoms with van der Waals surface area (Å²) in [7, 11) is 0. The lowest BCUT2D eigenvalue weighted by molar-refractivity contribution is -0.184. The highest BCUT2D eigenvalue weighted by Crippen LogP contribution is 2.65. The second-order valence-corrected chi connectivity index (χ2v) is 9.03. The van der Waals surface area contributed by atoms with E-state index < -0.39 is 22.4 Å². The van der Waals surface area contributed by atoms with E-state index in [-0.39, 0.29) is 18.0 Å². The van der Waals surface area contributed by atoms with Crippen LogP contribution in [0.25, 0.3) is 11.0 Å². The first-order valence-electron chi connectivity index (χ1n) is 10.7. The highest BCUT2D eigenvalue weighted by Gasteiger charge is 2.76. The molecule has 2 fully saturated rings. The van der Waals surface area contributed by atoms with Gasteiger partial charge in [0.1, 0.15) is 23.7 Å². The normalized spacial score (nSPS) is 26.2. The molecule has 0 N–H and O–H groups in total. The van der Waals surface area contributed by atoms with Crippen molar-refractivity contribution in [1.82, 2.24) is 0 Å². The number of aryl methyl sites for hydroxylation is 1. The van der Waals surface area contributed by atoms with Gasteiger partial charge in [-0.3, -0.25) is 9.59 Å². The van der Waals surface area contributed by atoms with Gasteiger partial charge in [-0.25, -0.2) is 4.79 Å². The van der Waals surface area contributed by atoms with Crippen LogP contribution in [0, 0.1) is 10.8 Å². The average molecular weight is 428 g/mol. The maximum absolute atomic E-state index is 13.3. The maximum Gasteiger partial charge on any atom is 0.351 e. The van der Waals surface area contributed by atoms with Crippen LogP contribution < -0.4 is 10.2 Å². The maximum atomic E-state index is 13.3. The van der Waals surface area contributed by atoms with Crippen molar-refractivity contribution in [3.63, 3.8) is 0 Å². The van der Waals surface area contributed by atoms with E-state index in [1.54, 1.807) is 12.1 Å². The quantitative estimate of drug-likeness (QED) is 0.644. The second kappa shape index (κ2) is 7.11. The molecule has 2 bridgehead atoms. The number of hydrogen-bond acceptors (Lipinski definition) is 7. The van der Waals surface area contributed by atoms with Gasteiger partial charge in [0.25, 0.3) is 0 Å². The molecule has 2 aliphatic rings. The summed E-state index contributed by atoms with van der Waals surface area (Å²) in [6, 6.07) is 4.80. The van der Waals surface area contributed by atoms with Crippen LogP contribution in [0.4, 0.5) is 0 Å². The Bertz CT molecular complexity index is 1130. The lowest BCUT2D eigenvalue weighted by Crippen LogP contribution is -2.48. The summed E-state index contributed by atoms with van der Waals surface area (Å²) in [5.41, 5.74) is -2.06. The molecule has 166 valence electrons. The molecule has 2 aromatic rings. The topological polar surface area (TPSA) is 92.0 Å². The fourth-order valence-electron chi connectivity index (χ4n) is 4.86. The fraction of sp³-hybridized carbons (Fsp3) is 0.542. The summed E-state index contributed by atoms with van der Waals surface area (Å²) in [6.07, 6.45) is 1.54. The molecular weight excluding hydrogens is 400 g/mol. The van der Waals surface area contributed by atoms with E-state index in [9.17, 15) is 14.4 Å². The van der Waals surface area contributed by atoms with Gasteiger partial charge in [-0.05, 0) is 38.8 Å². The average Bonchev–Trinajstić information content (AvgIpc) is 3.03. The molecular formula is C24H28O7. The van der Waals surface area contributed by atoms with E-state index >= 15 is 0 Å². The van der Waals surface area contributed by atoms with Crippen molar-refractivity contribution in [3.8, 4) is 5.75 Å². The Labute approximate surface area is 180 Å². The van der Waals surface area contributed by atoms with E-state index in [4.69, 9.17) is 18.6 Å². The molecule has 31 heavy (non-hydrogen) atoms. The minimum atomic E-state index is -1.31. The molecule has 7 heteroatoms. The smallest absolute Gasteiger partial charge is 0.351 e. The minimum absolute atomic E-state index is 0.159. The molecule has 2 heterocycles. The summed E-state index contributed by atoms with van der Waals surface area (Å²) in [4.78, 5) is 38.3. The molecule has 2 atom stereocenters. The molecule has 1 saturated heterocycles. The van der Waals surface area contributed by atoms with Gasteiger partial charge in [-0.15, -0.1) is 0 Å². The number of ether oxygens (including phenoxy) is 3. The fourth-order valence-corrected chi connectivity index (χ4v) is 4.86. The molecule has 1 aromatic carbocycles. The van der Waals surface area contributed by atoms with Crippen LogP contribution in [0.3, 0.4) is 0 Å². The number of benzene rings is 1. The zero-order valence-electron chi connectivity index (χ0n) is 18.6. The highest BCUT2D eigenvalue weighted by atomic mass is 16.6. The third-order valence-electron chi connectivity index (χ3n) is 7.42. The first kappa shape index (κ1) is 21.4. The Morgan fingerprint density at radius 2 is 1.87 bits per heavy atom. The molecule has 1 aromatic heterocycles. The van der Waals surface area contributed by atoms with Gasteiger partial charge in [0, 0.05) is 17.9 Å². The first-order chi connectivity index (χ1) is 14.6. The van der Waals surface area contributed by atoms with Gasteiger partial charge >= 0.3 is 11.9 Å². The molecule has 0 radical (unpaired) electrons. The molecule has 4 rings (SSSR count). The lowest BCUT2D eigenvalue weighted by atomic mass is 9.66. The number of esters is 2. The van der Waals surface area contributed by atoms with Gasteiger partial charge in [0.15, 0.2) is 5.43 Å². The van der Waals surface area contributed by atoms with Gasteiger partial charge < -0.3 is 18.6 Å². The van der Waals surface area contributed by atoms with Crippen LogP contribution >= 0.6 is 0 Å². The van der Waals surface area contributed by atoms with Crippen molar-refractivity contribution in [1.29, 1.82) is 0 Å². The largest absolute Gasteiger partial charge is 0.493 e. The Balaban J connectivity index is 1.71. The van der Waals surface area contributed by atoms with E-state index in [0.29, 0.717) is 53.9 Å². The number of fused-ring (bicyclic) bond motifs is 3. The van der Waals surface area contributed by atoms with Gasteiger partial charge in [-0.1, -0.05) is 20.8 Å². The van der Waals surface area contributed by atoms with Gasteiger partial charge in [0.05, 0.1) is 23.0 Å². The van der Waals surface area contributed by atoms with Crippen molar-refractivity contribution in [2.45, 2.75) is 66.1 Å². The molecule has 0 amide bonds. The molecule has 0 spiro atoms. The molecule has 1 aliphatic heterocycles. The van der Waals surface area contributed by atoms with Crippen molar-refractivity contribution >= 4 is 22.9 Å². The highest BCUT2D eigenvalue weighted by molar-refractivity contribution is 5.93. The van der Waals surface area contributed by atoms with Crippen LogP contribution in [0.5, 0.6) is 5.75 Å². The SMILES string of the molecule is CCOc1ccc2c(=O)cc(CC)oc2c1COC(=O)[C@@]12CC[C@@](C)(C(=O)O1)C2(C)C. The molecule has 0 unspecified atom stereocenters. The molecule has 7 nitrogen and oxygen atoms in total. The molecule has 1 saturated carbocycles. The zero-order chi connectivity index (χ0) is 22.6. The van der Waals surface area contributed by atoms with Crippen LogP contribution in [0.15, 0.2) is 27.4 Å². The van der Waals surface area contributed by atoms with Crippen molar-refractivity contribution in [2.75, 3.05) is 6.61 Å². The summed E-state index contributed by atoms with van der Waals surface area (Å²) in [5.74, 6) is 0.0744. The van der Waals surface area contributed by atoms with E-state index in [2.05, 4.69) is 0 Å². The predicted octanol–water partition coefficient (Wildman–Crippen LogP) is 3.92. The molecule has 1 aliphatic carbocycles. The van der Waals surface area contributed by atoms with Crippen molar-refractivity contribution in [3.05, 3.63) is 39.7 Å². The monoisotopic (exact) mass is 428 g/mol. The zero-order valence-corrected chi connectivity index (χ0v) is 18.6. The van der Waals surface area contributed by atoms with Crippen LogP contribution in [0.1, 0.15) is 58.8 Å².